The fourth-order valence-electron chi connectivity index (χ4n) is 1.12. The Balaban J connectivity index is 2.54. The number of nitrogens with one attached hydrogen (secondary N) is 2. The number of carbonyl (C=O) groups excluding carboxylic acids is 2. The van der Waals surface area contributed by atoms with Crippen molar-refractivity contribution in [1.82, 2.24) is 10.7 Å². The minimum absolute atomic E-state index is 0.223. The van der Waals surface area contributed by atoms with E-state index in [0.29, 0.717) is 13.0 Å². The Morgan fingerprint density at radius 1 is 1.73 bits per heavy atom. The molecule has 1 fully saturated rings. The van der Waals surface area contributed by atoms with Gasteiger partial charge in [-0.25, -0.2) is 5.84 Å². The third-order valence-electron chi connectivity index (χ3n) is 1.74. The Labute approximate surface area is 64.3 Å². The summed E-state index contributed by atoms with van der Waals surface area (Å²) in [6, 6.07) is 0. The first-order valence-corrected chi connectivity index (χ1v) is 3.54. The van der Waals surface area contributed by atoms with Gasteiger partial charge in [0.05, 0.1) is 0 Å². The maximum atomic E-state index is 11.0. The van der Waals surface area contributed by atoms with Gasteiger partial charge in [-0.3, -0.25) is 15.0 Å². The van der Waals surface area contributed by atoms with E-state index in [1.165, 1.54) is 0 Å². The van der Waals surface area contributed by atoms with Gasteiger partial charge >= 0.3 is 0 Å². The molecule has 0 aromatic heterocycles. The van der Waals surface area contributed by atoms with Crippen LogP contribution in [0.1, 0.15) is 12.8 Å². The van der Waals surface area contributed by atoms with E-state index >= 15 is 0 Å². The standard InChI is InChI=1S/C6H11N3O2/c7-9-6(11)4-2-1-3-8-5(4)10/h4H,1-3,7H2,(H,8,10)(H,9,11)/t4-/m1/s1. The summed E-state index contributed by atoms with van der Waals surface area (Å²) >= 11 is 0. The second-order valence-corrected chi connectivity index (χ2v) is 2.49. The van der Waals surface area contributed by atoms with E-state index in [4.69, 9.17) is 5.84 Å². The Kier molecular flexibility index (Phi) is 2.43. The molecule has 1 rings (SSSR count). The molecule has 1 aliphatic rings. The Morgan fingerprint density at radius 2 is 2.45 bits per heavy atom. The highest BCUT2D eigenvalue weighted by Gasteiger charge is 2.27. The van der Waals surface area contributed by atoms with E-state index in [9.17, 15) is 9.59 Å². The van der Waals surface area contributed by atoms with Crippen molar-refractivity contribution in [2.24, 2.45) is 11.8 Å². The lowest BCUT2D eigenvalue weighted by atomic mass is 9.98. The summed E-state index contributed by atoms with van der Waals surface area (Å²) in [7, 11) is 0. The minimum Gasteiger partial charge on any atom is -0.355 e. The normalized spacial score (nSPS) is 24.1. The van der Waals surface area contributed by atoms with E-state index in [0.717, 1.165) is 6.42 Å². The van der Waals surface area contributed by atoms with Gasteiger partial charge in [-0.05, 0) is 12.8 Å². The molecule has 1 saturated heterocycles. The van der Waals surface area contributed by atoms with Crippen LogP contribution in [0.3, 0.4) is 0 Å². The molecule has 0 spiro atoms. The molecular formula is C6H11N3O2. The van der Waals surface area contributed by atoms with Gasteiger partial charge in [0, 0.05) is 6.54 Å². The molecule has 0 aromatic rings. The maximum absolute atomic E-state index is 11.0. The fraction of sp³-hybridized carbons (Fsp3) is 0.667. The lowest BCUT2D eigenvalue weighted by Gasteiger charge is -2.19. The quantitative estimate of drug-likeness (QED) is 0.187. The highest BCUT2D eigenvalue weighted by atomic mass is 16.2. The van der Waals surface area contributed by atoms with Gasteiger partial charge in [0.2, 0.25) is 11.8 Å². The third-order valence-corrected chi connectivity index (χ3v) is 1.74. The van der Waals surface area contributed by atoms with Crippen LogP contribution in [0.5, 0.6) is 0 Å². The fourth-order valence-corrected chi connectivity index (χ4v) is 1.12. The van der Waals surface area contributed by atoms with E-state index in [-0.39, 0.29) is 5.91 Å². The molecule has 1 atom stereocenters. The summed E-state index contributed by atoms with van der Waals surface area (Å²) in [5.74, 6) is 3.67. The molecular weight excluding hydrogens is 146 g/mol. The SMILES string of the molecule is NNC(=O)[C@@H]1CCCNC1=O. The van der Waals surface area contributed by atoms with Crippen molar-refractivity contribution >= 4 is 11.8 Å². The topological polar surface area (TPSA) is 84.2 Å². The summed E-state index contributed by atoms with van der Waals surface area (Å²) in [5.41, 5.74) is 1.97. The van der Waals surface area contributed by atoms with Crippen molar-refractivity contribution in [2.75, 3.05) is 6.54 Å². The van der Waals surface area contributed by atoms with Crippen LogP contribution in [-0.4, -0.2) is 18.4 Å². The van der Waals surface area contributed by atoms with Crippen molar-refractivity contribution in [3.8, 4) is 0 Å². The lowest BCUT2D eigenvalue weighted by Crippen LogP contribution is -2.46. The van der Waals surface area contributed by atoms with Gasteiger partial charge in [0.15, 0.2) is 0 Å². The molecule has 2 amide bonds. The van der Waals surface area contributed by atoms with Crippen LogP contribution in [0.15, 0.2) is 0 Å². The first-order valence-electron chi connectivity index (χ1n) is 3.54. The molecule has 11 heavy (non-hydrogen) atoms. The molecule has 62 valence electrons. The number of amides is 2. The summed E-state index contributed by atoms with van der Waals surface area (Å²) in [6.45, 7) is 0.660. The Hall–Kier alpha value is -1.10. The zero-order chi connectivity index (χ0) is 8.27. The first-order chi connectivity index (χ1) is 5.25. The maximum Gasteiger partial charge on any atom is 0.246 e. The molecule has 0 bridgehead atoms. The molecule has 4 N–H and O–H groups in total. The smallest absolute Gasteiger partial charge is 0.246 e. The van der Waals surface area contributed by atoms with Crippen LogP contribution in [0, 0.1) is 5.92 Å². The predicted octanol–water partition coefficient (Wildman–Crippen LogP) is -1.50. The number of hydrogen-bond donors (Lipinski definition) is 3. The molecule has 0 saturated carbocycles. The largest absolute Gasteiger partial charge is 0.355 e. The summed E-state index contributed by atoms with van der Waals surface area (Å²) in [5, 5.41) is 2.59. The highest BCUT2D eigenvalue weighted by Crippen LogP contribution is 2.10. The third kappa shape index (κ3) is 1.68. The second-order valence-electron chi connectivity index (χ2n) is 2.49. The zero-order valence-electron chi connectivity index (χ0n) is 6.09. The Morgan fingerprint density at radius 3 is 3.00 bits per heavy atom. The lowest BCUT2D eigenvalue weighted by molar-refractivity contribution is -0.136. The molecule has 0 aromatic carbocycles. The van der Waals surface area contributed by atoms with Crippen LogP contribution >= 0.6 is 0 Å². The first kappa shape index (κ1) is 8.00. The van der Waals surface area contributed by atoms with Crippen molar-refractivity contribution in [1.29, 1.82) is 0 Å². The number of rotatable bonds is 1. The van der Waals surface area contributed by atoms with Crippen LogP contribution in [0.4, 0.5) is 0 Å². The van der Waals surface area contributed by atoms with Gasteiger partial charge in [0.25, 0.3) is 0 Å². The van der Waals surface area contributed by atoms with Crippen LogP contribution < -0.4 is 16.6 Å². The Bertz CT molecular complexity index is 173. The molecule has 5 heteroatoms. The van der Waals surface area contributed by atoms with Gasteiger partial charge in [-0.2, -0.15) is 0 Å². The zero-order valence-corrected chi connectivity index (χ0v) is 6.09. The predicted molar refractivity (Wildman–Crippen MR) is 38.1 cm³/mol. The molecule has 0 unspecified atom stereocenters. The van der Waals surface area contributed by atoms with Crippen LogP contribution in [-0.2, 0) is 9.59 Å². The van der Waals surface area contributed by atoms with E-state index < -0.39 is 11.8 Å². The molecule has 0 aliphatic carbocycles. The number of carbonyl (C=O) groups is 2. The van der Waals surface area contributed by atoms with Gasteiger partial charge < -0.3 is 5.32 Å². The number of piperidine rings is 1. The number of nitrogens with two attached hydrogens (primary N) is 1. The van der Waals surface area contributed by atoms with Crippen molar-refractivity contribution < 1.29 is 9.59 Å². The van der Waals surface area contributed by atoms with Gasteiger partial charge in [-0.1, -0.05) is 0 Å². The number of hydrogen-bond acceptors (Lipinski definition) is 3. The molecule has 1 aliphatic heterocycles. The van der Waals surface area contributed by atoms with Gasteiger partial charge in [0.1, 0.15) is 5.92 Å². The molecule has 5 nitrogen and oxygen atoms in total. The monoisotopic (exact) mass is 157 g/mol. The van der Waals surface area contributed by atoms with Crippen molar-refractivity contribution in [3.05, 3.63) is 0 Å². The van der Waals surface area contributed by atoms with Crippen LogP contribution in [0.25, 0.3) is 0 Å². The average molecular weight is 157 g/mol. The average Bonchev–Trinajstić information content (AvgIpc) is 2.04. The summed E-state index contributed by atoms with van der Waals surface area (Å²) in [4.78, 5) is 21.8. The molecule has 1 heterocycles. The van der Waals surface area contributed by atoms with E-state index in [1.807, 2.05) is 5.43 Å². The van der Waals surface area contributed by atoms with Crippen molar-refractivity contribution in [3.63, 3.8) is 0 Å². The minimum atomic E-state index is -0.589. The van der Waals surface area contributed by atoms with Crippen LogP contribution in [0.2, 0.25) is 0 Å². The van der Waals surface area contributed by atoms with E-state index in [1.54, 1.807) is 0 Å². The van der Waals surface area contributed by atoms with Crippen molar-refractivity contribution in [2.45, 2.75) is 12.8 Å². The highest BCUT2D eigenvalue weighted by molar-refractivity contribution is 6.00. The summed E-state index contributed by atoms with van der Waals surface area (Å²) in [6.07, 6.45) is 1.43. The number of hydrazine groups is 1. The second kappa shape index (κ2) is 3.34. The molecule has 0 radical (unpaired) electrons. The van der Waals surface area contributed by atoms with E-state index in [2.05, 4.69) is 5.32 Å². The van der Waals surface area contributed by atoms with Gasteiger partial charge in [-0.15, -0.1) is 0 Å². The summed E-state index contributed by atoms with van der Waals surface area (Å²) < 4.78 is 0.